The molecule has 5 nitrogen and oxygen atoms in total. The van der Waals surface area contributed by atoms with Crippen LogP contribution in [0, 0.1) is 0 Å². The van der Waals surface area contributed by atoms with E-state index in [9.17, 15) is 9.59 Å². The van der Waals surface area contributed by atoms with E-state index < -0.39 is 5.91 Å². The van der Waals surface area contributed by atoms with Crippen molar-refractivity contribution in [2.45, 2.75) is 6.61 Å². The van der Waals surface area contributed by atoms with Gasteiger partial charge in [0.15, 0.2) is 0 Å². The third kappa shape index (κ3) is 3.84. The van der Waals surface area contributed by atoms with Crippen molar-refractivity contribution in [3.8, 4) is 0 Å². The van der Waals surface area contributed by atoms with Crippen LogP contribution in [0.4, 0.5) is 5.69 Å². The Labute approximate surface area is 133 Å². The minimum Gasteiger partial charge on any atom is -0.380 e. The molecule has 0 aliphatic heterocycles. The van der Waals surface area contributed by atoms with E-state index in [1.54, 1.807) is 25.3 Å². The third-order valence-corrected chi connectivity index (χ3v) is 3.35. The Morgan fingerprint density at radius 2 is 1.86 bits per heavy atom. The number of hydrogen-bond donors (Lipinski definition) is 2. The zero-order valence-electron chi connectivity index (χ0n) is 11.9. The number of nitrogens with one attached hydrogen (secondary N) is 1. The number of carbonyl (C=O) groups excluding carboxylic acids is 2. The highest BCUT2D eigenvalue weighted by Gasteiger charge is 2.10. The van der Waals surface area contributed by atoms with Crippen LogP contribution in [0.3, 0.4) is 0 Å². The van der Waals surface area contributed by atoms with Crippen molar-refractivity contribution in [2.75, 3.05) is 12.4 Å². The van der Waals surface area contributed by atoms with Gasteiger partial charge in [0.2, 0.25) is 5.91 Å². The Morgan fingerprint density at radius 1 is 1.18 bits per heavy atom. The largest absolute Gasteiger partial charge is 0.380 e. The first kappa shape index (κ1) is 16.0. The smallest absolute Gasteiger partial charge is 0.255 e. The predicted octanol–water partition coefficient (Wildman–Crippen LogP) is 2.84. The molecule has 6 heteroatoms. The molecule has 0 unspecified atom stereocenters. The van der Waals surface area contributed by atoms with E-state index in [0.29, 0.717) is 17.9 Å². The van der Waals surface area contributed by atoms with Crippen molar-refractivity contribution in [1.29, 1.82) is 0 Å². The standard InChI is InChI=1S/C16H15ClN2O3/c1-22-9-10-2-4-11(5-3-10)16(21)19-12-6-7-14(17)13(8-12)15(18)20/h2-8H,9H2,1H3,(H2,18,20)(H,19,21). The Bertz CT molecular complexity index is 699. The molecule has 2 aromatic rings. The van der Waals surface area contributed by atoms with Gasteiger partial charge in [-0.15, -0.1) is 0 Å². The summed E-state index contributed by atoms with van der Waals surface area (Å²) < 4.78 is 5.01. The SMILES string of the molecule is COCc1ccc(C(=O)Nc2ccc(Cl)c(C(N)=O)c2)cc1. The minimum absolute atomic E-state index is 0.162. The van der Waals surface area contributed by atoms with E-state index in [1.165, 1.54) is 12.1 Å². The molecular weight excluding hydrogens is 304 g/mol. The molecule has 2 rings (SSSR count). The quantitative estimate of drug-likeness (QED) is 0.889. The lowest BCUT2D eigenvalue weighted by atomic mass is 10.1. The normalized spacial score (nSPS) is 10.3. The second-order valence-electron chi connectivity index (χ2n) is 4.64. The fraction of sp³-hybridized carbons (Fsp3) is 0.125. The number of nitrogens with two attached hydrogens (primary N) is 1. The number of carbonyl (C=O) groups is 2. The van der Waals surface area contributed by atoms with Crippen LogP contribution in [0.2, 0.25) is 5.02 Å². The molecule has 0 fully saturated rings. The summed E-state index contributed by atoms with van der Waals surface area (Å²) in [7, 11) is 1.61. The highest BCUT2D eigenvalue weighted by molar-refractivity contribution is 6.34. The Balaban J connectivity index is 2.14. The molecule has 0 atom stereocenters. The van der Waals surface area contributed by atoms with Crippen LogP contribution in [0.1, 0.15) is 26.3 Å². The topological polar surface area (TPSA) is 81.4 Å². The van der Waals surface area contributed by atoms with Crippen molar-refractivity contribution < 1.29 is 14.3 Å². The maximum atomic E-state index is 12.2. The number of primary amides is 1. The van der Waals surface area contributed by atoms with Gasteiger partial charge in [0.05, 0.1) is 17.2 Å². The molecule has 0 bridgehead atoms. The number of anilines is 1. The van der Waals surface area contributed by atoms with Crippen molar-refractivity contribution in [3.63, 3.8) is 0 Å². The highest BCUT2D eigenvalue weighted by Crippen LogP contribution is 2.20. The number of ether oxygens (including phenoxy) is 1. The van der Waals surface area contributed by atoms with Gasteiger partial charge in [-0.25, -0.2) is 0 Å². The fourth-order valence-corrected chi connectivity index (χ4v) is 2.12. The predicted molar refractivity (Wildman–Crippen MR) is 85.1 cm³/mol. The molecule has 0 heterocycles. The van der Waals surface area contributed by atoms with Crippen molar-refractivity contribution in [1.82, 2.24) is 0 Å². The van der Waals surface area contributed by atoms with Gasteiger partial charge in [-0.1, -0.05) is 23.7 Å². The van der Waals surface area contributed by atoms with Crippen LogP contribution in [0.5, 0.6) is 0 Å². The summed E-state index contributed by atoms with van der Waals surface area (Å²) in [6.07, 6.45) is 0. The van der Waals surface area contributed by atoms with Gasteiger partial charge >= 0.3 is 0 Å². The molecule has 0 radical (unpaired) electrons. The third-order valence-electron chi connectivity index (χ3n) is 3.02. The van der Waals surface area contributed by atoms with Crippen molar-refractivity contribution >= 4 is 29.1 Å². The first-order chi connectivity index (χ1) is 10.5. The zero-order chi connectivity index (χ0) is 16.1. The van der Waals surface area contributed by atoms with E-state index in [4.69, 9.17) is 22.1 Å². The molecule has 0 saturated heterocycles. The minimum atomic E-state index is -0.648. The molecule has 2 amide bonds. The van der Waals surface area contributed by atoms with Gasteiger partial charge in [-0.3, -0.25) is 9.59 Å². The summed E-state index contributed by atoms with van der Waals surface area (Å²) in [5.41, 5.74) is 7.30. The van der Waals surface area contributed by atoms with E-state index >= 15 is 0 Å². The van der Waals surface area contributed by atoms with Crippen LogP contribution in [-0.4, -0.2) is 18.9 Å². The zero-order valence-corrected chi connectivity index (χ0v) is 12.7. The fourth-order valence-electron chi connectivity index (χ4n) is 1.91. The molecule has 0 aliphatic carbocycles. The molecule has 2 aromatic carbocycles. The van der Waals surface area contributed by atoms with Crippen molar-refractivity contribution in [2.24, 2.45) is 5.73 Å². The van der Waals surface area contributed by atoms with Gasteiger partial charge in [-0.2, -0.15) is 0 Å². The number of hydrogen-bond acceptors (Lipinski definition) is 3. The highest BCUT2D eigenvalue weighted by atomic mass is 35.5. The number of benzene rings is 2. The van der Waals surface area contributed by atoms with Crippen LogP contribution in [0.25, 0.3) is 0 Å². The van der Waals surface area contributed by atoms with Gasteiger partial charge in [0.1, 0.15) is 0 Å². The van der Waals surface area contributed by atoms with Gasteiger partial charge in [0.25, 0.3) is 5.91 Å². The second kappa shape index (κ2) is 7.06. The lowest BCUT2D eigenvalue weighted by molar-refractivity contribution is 0.0996. The summed E-state index contributed by atoms with van der Waals surface area (Å²) in [5.74, 6) is -0.938. The Hall–Kier alpha value is -2.37. The molecule has 0 aromatic heterocycles. The Kier molecular flexibility index (Phi) is 5.14. The van der Waals surface area contributed by atoms with Crippen LogP contribution in [0.15, 0.2) is 42.5 Å². The van der Waals surface area contributed by atoms with Crippen LogP contribution in [-0.2, 0) is 11.3 Å². The summed E-state index contributed by atoms with van der Waals surface area (Å²) in [6.45, 7) is 0.487. The average molecular weight is 319 g/mol. The maximum Gasteiger partial charge on any atom is 0.255 e. The molecule has 0 saturated carbocycles. The lowest BCUT2D eigenvalue weighted by Crippen LogP contribution is -2.15. The number of rotatable bonds is 5. The molecule has 114 valence electrons. The molecule has 3 N–H and O–H groups in total. The van der Waals surface area contributed by atoms with E-state index in [-0.39, 0.29) is 16.5 Å². The number of methoxy groups -OCH3 is 1. The van der Waals surface area contributed by atoms with Crippen molar-refractivity contribution in [3.05, 3.63) is 64.2 Å². The van der Waals surface area contributed by atoms with Gasteiger partial charge in [0, 0.05) is 18.4 Å². The van der Waals surface area contributed by atoms with Crippen LogP contribution < -0.4 is 11.1 Å². The maximum absolute atomic E-state index is 12.2. The van der Waals surface area contributed by atoms with Crippen LogP contribution >= 0.6 is 11.6 Å². The van der Waals surface area contributed by atoms with E-state index in [0.717, 1.165) is 5.56 Å². The second-order valence-corrected chi connectivity index (χ2v) is 5.05. The Morgan fingerprint density at radius 3 is 2.45 bits per heavy atom. The van der Waals surface area contributed by atoms with Gasteiger partial charge in [-0.05, 0) is 35.9 Å². The first-order valence-corrected chi connectivity index (χ1v) is 6.87. The first-order valence-electron chi connectivity index (χ1n) is 6.50. The summed E-state index contributed by atoms with van der Waals surface area (Å²) >= 11 is 5.87. The van der Waals surface area contributed by atoms with E-state index in [2.05, 4.69) is 5.32 Å². The van der Waals surface area contributed by atoms with E-state index in [1.807, 2.05) is 12.1 Å². The number of halogens is 1. The molecule has 0 aliphatic rings. The summed E-state index contributed by atoms with van der Waals surface area (Å²) in [6, 6.07) is 11.6. The summed E-state index contributed by atoms with van der Waals surface area (Å²) in [4.78, 5) is 23.4. The van der Waals surface area contributed by atoms with Gasteiger partial charge < -0.3 is 15.8 Å². The molecular formula is C16H15ClN2O3. The number of amides is 2. The molecule has 22 heavy (non-hydrogen) atoms. The summed E-state index contributed by atoms with van der Waals surface area (Å²) in [5, 5.41) is 2.94. The molecule has 0 spiro atoms. The monoisotopic (exact) mass is 318 g/mol. The average Bonchev–Trinajstić information content (AvgIpc) is 2.50. The lowest BCUT2D eigenvalue weighted by Gasteiger charge is -2.08.